The first-order valence-corrected chi connectivity index (χ1v) is 14.7. The van der Waals surface area contributed by atoms with Crippen molar-refractivity contribution in [3.05, 3.63) is 144 Å². The molecule has 0 atom stereocenters. The standard InChI is InChI=1S/C38H20F8N2/c39-29-17-14-23(37(41,42)43)20-35(29)48-31-10-4-2-7-25(31)27-16-13-22(19-34(27)48)21-12-15-26-24-6-1-3-9-30(24)47(33(26)18-21)32-11-5-8-28(36(32)40)38(44,45)46/h1-20H. The van der Waals surface area contributed by atoms with Crippen LogP contribution in [-0.2, 0) is 12.4 Å². The summed E-state index contributed by atoms with van der Waals surface area (Å²) >= 11 is 0. The van der Waals surface area contributed by atoms with Gasteiger partial charge in [0.05, 0.1) is 44.6 Å². The van der Waals surface area contributed by atoms with Crippen LogP contribution in [0.5, 0.6) is 0 Å². The fourth-order valence-corrected chi connectivity index (χ4v) is 6.59. The predicted molar refractivity (Wildman–Crippen MR) is 170 cm³/mol. The molecule has 6 aromatic carbocycles. The Labute approximate surface area is 266 Å². The molecular weight excluding hydrogens is 636 g/mol. The Morgan fingerprint density at radius 1 is 0.417 bits per heavy atom. The summed E-state index contributed by atoms with van der Waals surface area (Å²) in [5.41, 5.74) is 0.144. The molecule has 0 saturated heterocycles. The molecule has 0 unspecified atom stereocenters. The van der Waals surface area contributed by atoms with Crippen LogP contribution in [0, 0.1) is 11.6 Å². The van der Waals surface area contributed by atoms with Gasteiger partial charge in [0.15, 0.2) is 5.82 Å². The molecule has 0 N–H and O–H groups in total. The number of aromatic nitrogens is 2. The predicted octanol–water partition coefficient (Wildman–Crippen LogP) is 11.9. The first kappa shape index (κ1) is 29.7. The van der Waals surface area contributed by atoms with Crippen molar-refractivity contribution in [1.29, 1.82) is 0 Å². The molecule has 2 aromatic heterocycles. The minimum atomic E-state index is -4.91. The Bertz CT molecular complexity index is 2450. The second kappa shape index (κ2) is 10.4. The molecule has 0 bridgehead atoms. The molecule has 0 aliphatic rings. The number of fused-ring (bicyclic) bond motifs is 6. The number of alkyl halides is 6. The zero-order valence-corrected chi connectivity index (χ0v) is 24.5. The second-order valence-corrected chi connectivity index (χ2v) is 11.5. The van der Waals surface area contributed by atoms with Crippen LogP contribution < -0.4 is 0 Å². The number of rotatable bonds is 3. The summed E-state index contributed by atoms with van der Waals surface area (Å²) in [6, 6.07) is 30.0. The van der Waals surface area contributed by atoms with E-state index in [2.05, 4.69) is 0 Å². The fourth-order valence-electron chi connectivity index (χ4n) is 6.59. The summed E-state index contributed by atoms with van der Waals surface area (Å²) < 4.78 is 116. The van der Waals surface area contributed by atoms with E-state index < -0.39 is 35.1 Å². The van der Waals surface area contributed by atoms with Crippen molar-refractivity contribution >= 4 is 43.6 Å². The monoisotopic (exact) mass is 656 g/mol. The Kier molecular flexibility index (Phi) is 6.46. The van der Waals surface area contributed by atoms with Crippen molar-refractivity contribution in [2.75, 3.05) is 0 Å². The highest BCUT2D eigenvalue weighted by Crippen LogP contribution is 2.41. The van der Waals surface area contributed by atoms with Crippen LogP contribution in [-0.4, -0.2) is 9.13 Å². The molecular formula is C38H20F8N2. The van der Waals surface area contributed by atoms with Crippen LogP contribution in [0.4, 0.5) is 35.1 Å². The molecule has 10 heteroatoms. The Morgan fingerprint density at radius 2 is 0.938 bits per heavy atom. The molecule has 238 valence electrons. The van der Waals surface area contributed by atoms with Crippen molar-refractivity contribution in [3.8, 4) is 22.5 Å². The summed E-state index contributed by atoms with van der Waals surface area (Å²) in [5, 5.41) is 2.75. The highest BCUT2D eigenvalue weighted by atomic mass is 19.4. The molecule has 8 aromatic rings. The lowest BCUT2D eigenvalue weighted by Gasteiger charge is -2.14. The van der Waals surface area contributed by atoms with E-state index in [1.165, 1.54) is 15.2 Å². The Hall–Kier alpha value is -5.64. The summed E-state index contributed by atoms with van der Waals surface area (Å²) in [6.45, 7) is 0. The SMILES string of the molecule is Fc1ccc(C(F)(F)F)cc1-n1c2ccccc2c2ccc(-c3ccc4c5ccccc5n(-c5cccc(C(F)(F)F)c5F)c4c3)cc21. The zero-order valence-electron chi connectivity index (χ0n) is 24.5. The smallest absolute Gasteiger partial charge is 0.306 e. The number of benzene rings is 6. The summed E-state index contributed by atoms with van der Waals surface area (Å²) in [4.78, 5) is 0. The number of hydrogen-bond donors (Lipinski definition) is 0. The van der Waals surface area contributed by atoms with Crippen LogP contribution in [0.2, 0.25) is 0 Å². The van der Waals surface area contributed by atoms with Crippen LogP contribution in [0.3, 0.4) is 0 Å². The van der Waals surface area contributed by atoms with Gasteiger partial charge in [0, 0.05) is 21.5 Å². The lowest BCUT2D eigenvalue weighted by Crippen LogP contribution is -2.10. The summed E-state index contributed by atoms with van der Waals surface area (Å²) in [5.74, 6) is -2.25. The van der Waals surface area contributed by atoms with Gasteiger partial charge in [-0.1, -0.05) is 66.7 Å². The van der Waals surface area contributed by atoms with Crippen LogP contribution in [0.25, 0.3) is 66.1 Å². The van der Waals surface area contributed by atoms with E-state index in [9.17, 15) is 26.3 Å². The minimum absolute atomic E-state index is 0.274. The van der Waals surface area contributed by atoms with Crippen molar-refractivity contribution < 1.29 is 35.1 Å². The van der Waals surface area contributed by atoms with Crippen molar-refractivity contribution in [2.24, 2.45) is 0 Å². The largest absolute Gasteiger partial charge is 0.419 e. The fraction of sp³-hybridized carbons (Fsp3) is 0.0526. The van der Waals surface area contributed by atoms with Gasteiger partial charge < -0.3 is 9.13 Å². The Balaban J connectivity index is 1.39. The van der Waals surface area contributed by atoms with Crippen LogP contribution in [0.15, 0.2) is 121 Å². The zero-order chi connectivity index (χ0) is 33.5. The van der Waals surface area contributed by atoms with E-state index >= 15 is 8.78 Å². The molecule has 8 rings (SSSR count). The number of hydrogen-bond acceptors (Lipinski definition) is 0. The molecule has 0 aliphatic heterocycles. The first-order chi connectivity index (χ1) is 22.9. The maximum absolute atomic E-state index is 15.6. The van der Waals surface area contributed by atoms with Crippen LogP contribution in [0.1, 0.15) is 11.1 Å². The van der Waals surface area contributed by atoms with E-state index in [1.807, 2.05) is 0 Å². The van der Waals surface area contributed by atoms with E-state index in [1.54, 1.807) is 84.9 Å². The minimum Gasteiger partial charge on any atom is -0.306 e. The maximum atomic E-state index is 15.6. The van der Waals surface area contributed by atoms with Gasteiger partial charge in [-0.05, 0) is 65.7 Å². The summed E-state index contributed by atoms with van der Waals surface area (Å²) in [6.07, 6.45) is -9.60. The van der Waals surface area contributed by atoms with Gasteiger partial charge in [-0.2, -0.15) is 26.3 Å². The van der Waals surface area contributed by atoms with Gasteiger partial charge >= 0.3 is 12.4 Å². The van der Waals surface area contributed by atoms with Gasteiger partial charge in [-0.15, -0.1) is 0 Å². The molecule has 0 saturated carbocycles. The van der Waals surface area contributed by atoms with E-state index in [4.69, 9.17) is 0 Å². The van der Waals surface area contributed by atoms with Crippen molar-refractivity contribution in [2.45, 2.75) is 12.4 Å². The van der Waals surface area contributed by atoms with Gasteiger partial charge in [0.1, 0.15) is 5.82 Å². The molecule has 48 heavy (non-hydrogen) atoms. The van der Waals surface area contributed by atoms with Crippen LogP contribution >= 0.6 is 0 Å². The molecule has 0 aliphatic carbocycles. The Morgan fingerprint density at radius 3 is 1.48 bits per heavy atom. The lowest BCUT2D eigenvalue weighted by atomic mass is 10.0. The first-order valence-electron chi connectivity index (χ1n) is 14.7. The van der Waals surface area contributed by atoms with Crippen molar-refractivity contribution in [1.82, 2.24) is 9.13 Å². The lowest BCUT2D eigenvalue weighted by molar-refractivity contribution is -0.140. The highest BCUT2D eigenvalue weighted by molar-refractivity contribution is 6.12. The molecule has 0 radical (unpaired) electrons. The molecule has 0 spiro atoms. The van der Waals surface area contributed by atoms with E-state index in [0.717, 1.165) is 18.2 Å². The quantitative estimate of drug-likeness (QED) is 0.168. The van der Waals surface area contributed by atoms with Crippen molar-refractivity contribution in [3.63, 3.8) is 0 Å². The summed E-state index contributed by atoms with van der Waals surface area (Å²) in [7, 11) is 0. The number of halogens is 8. The molecule has 2 heterocycles. The van der Waals surface area contributed by atoms with Gasteiger partial charge in [-0.3, -0.25) is 0 Å². The number of para-hydroxylation sites is 2. The number of nitrogens with zero attached hydrogens (tertiary/aromatic N) is 2. The molecule has 2 nitrogen and oxygen atoms in total. The average Bonchev–Trinajstić information content (AvgIpc) is 3.56. The van der Waals surface area contributed by atoms with E-state index in [0.29, 0.717) is 66.9 Å². The average molecular weight is 657 g/mol. The molecule has 0 fully saturated rings. The second-order valence-electron chi connectivity index (χ2n) is 11.5. The molecule has 0 amide bonds. The topological polar surface area (TPSA) is 9.86 Å². The van der Waals surface area contributed by atoms with Gasteiger partial charge in [-0.25, -0.2) is 8.78 Å². The third kappa shape index (κ3) is 4.54. The highest BCUT2D eigenvalue weighted by Gasteiger charge is 2.35. The normalized spacial score (nSPS) is 12.6. The third-order valence-electron chi connectivity index (χ3n) is 8.72. The van der Waals surface area contributed by atoms with Gasteiger partial charge in [0.2, 0.25) is 0 Å². The van der Waals surface area contributed by atoms with Gasteiger partial charge in [0.25, 0.3) is 0 Å². The third-order valence-corrected chi connectivity index (χ3v) is 8.72. The van der Waals surface area contributed by atoms with E-state index in [-0.39, 0.29) is 11.4 Å². The maximum Gasteiger partial charge on any atom is 0.419 e.